The number of carbonyl (C=O) groups is 2. The zero-order valence-corrected chi connectivity index (χ0v) is 15.2. The lowest BCUT2D eigenvalue weighted by atomic mass is 10.1. The Kier molecular flexibility index (Phi) is 6.22. The van der Waals surface area contributed by atoms with E-state index in [0.29, 0.717) is 18.8 Å². The highest BCUT2D eigenvalue weighted by Crippen LogP contribution is 2.24. The summed E-state index contributed by atoms with van der Waals surface area (Å²) in [6.07, 6.45) is 1.25. The topological polar surface area (TPSA) is 58.6 Å². The second-order valence-corrected chi connectivity index (χ2v) is 7.09. The van der Waals surface area contributed by atoms with E-state index in [1.807, 2.05) is 4.90 Å². The van der Waals surface area contributed by atoms with Crippen LogP contribution in [0, 0.1) is 5.82 Å². The minimum Gasteiger partial charge on any atom is -0.492 e. The second kappa shape index (κ2) is 8.80. The Morgan fingerprint density at radius 2 is 2.15 bits per heavy atom. The molecule has 0 aliphatic carbocycles. The Hall–Kier alpha value is -2.41. The van der Waals surface area contributed by atoms with E-state index in [4.69, 9.17) is 4.74 Å². The number of benzene rings is 1. The van der Waals surface area contributed by atoms with E-state index in [9.17, 15) is 14.0 Å². The number of carbonyl (C=O) groups excluding carboxylic acids is 2. The average Bonchev–Trinajstić information content (AvgIpc) is 3.11. The number of rotatable bonds is 7. The quantitative estimate of drug-likeness (QED) is 0.756. The number of hydrogen-bond acceptors (Lipinski definition) is 4. The first-order chi connectivity index (χ1) is 12.6. The number of amides is 2. The molecule has 26 heavy (non-hydrogen) atoms. The molecular formula is C19H21FN2O3S. The van der Waals surface area contributed by atoms with Gasteiger partial charge in [0.15, 0.2) is 0 Å². The number of hydrogen-bond donors (Lipinski definition) is 1. The van der Waals surface area contributed by atoms with Crippen LogP contribution in [-0.4, -0.2) is 36.4 Å². The maximum Gasteiger partial charge on any atom is 0.223 e. The van der Waals surface area contributed by atoms with Crippen molar-refractivity contribution in [1.82, 2.24) is 10.2 Å². The van der Waals surface area contributed by atoms with Crippen LogP contribution in [0.2, 0.25) is 0 Å². The fraction of sp³-hybridized carbons (Fsp3) is 0.368. The standard InChI is InChI=1S/C19H21FN2O3S/c20-15-2-1-3-16(12-15)25-10-8-21-18(23)4-5-19(24)22-9-6-17-14(13-22)7-11-26-17/h1-3,7,11-12H,4-6,8-10,13H2,(H,21,23). The highest BCUT2D eigenvalue weighted by molar-refractivity contribution is 7.10. The molecule has 1 aliphatic rings. The number of fused-ring (bicyclic) bond motifs is 1. The van der Waals surface area contributed by atoms with Gasteiger partial charge >= 0.3 is 0 Å². The second-order valence-electron chi connectivity index (χ2n) is 6.09. The van der Waals surface area contributed by atoms with Crippen molar-refractivity contribution < 1.29 is 18.7 Å². The number of ether oxygens (including phenoxy) is 1. The molecule has 0 fully saturated rings. The average molecular weight is 376 g/mol. The molecule has 0 radical (unpaired) electrons. The molecule has 1 aromatic heterocycles. The predicted molar refractivity (Wildman–Crippen MR) is 97.6 cm³/mol. The minimum atomic E-state index is -0.364. The van der Waals surface area contributed by atoms with Crippen LogP contribution < -0.4 is 10.1 Å². The smallest absolute Gasteiger partial charge is 0.223 e. The van der Waals surface area contributed by atoms with Gasteiger partial charge in [-0.05, 0) is 35.6 Å². The number of nitrogens with one attached hydrogen (secondary N) is 1. The van der Waals surface area contributed by atoms with Gasteiger partial charge in [0.05, 0.1) is 6.54 Å². The van der Waals surface area contributed by atoms with Crippen molar-refractivity contribution in [2.24, 2.45) is 0 Å². The number of halogens is 1. The summed E-state index contributed by atoms with van der Waals surface area (Å²) in [6, 6.07) is 7.91. The highest BCUT2D eigenvalue weighted by Gasteiger charge is 2.21. The van der Waals surface area contributed by atoms with Gasteiger partial charge < -0.3 is 15.0 Å². The van der Waals surface area contributed by atoms with Crippen LogP contribution >= 0.6 is 11.3 Å². The lowest BCUT2D eigenvalue weighted by Crippen LogP contribution is -2.36. The molecule has 1 aliphatic heterocycles. The summed E-state index contributed by atoms with van der Waals surface area (Å²) < 4.78 is 18.4. The Morgan fingerprint density at radius 3 is 3.00 bits per heavy atom. The molecule has 2 heterocycles. The molecule has 0 unspecified atom stereocenters. The van der Waals surface area contributed by atoms with Gasteiger partial charge in [0.25, 0.3) is 0 Å². The maximum absolute atomic E-state index is 13.0. The Labute approximate surface area is 155 Å². The van der Waals surface area contributed by atoms with Crippen LogP contribution in [0.3, 0.4) is 0 Å². The summed E-state index contributed by atoms with van der Waals surface area (Å²) >= 11 is 1.73. The van der Waals surface area contributed by atoms with E-state index in [2.05, 4.69) is 16.8 Å². The molecule has 0 spiro atoms. The van der Waals surface area contributed by atoms with Crippen molar-refractivity contribution in [3.05, 3.63) is 52.0 Å². The van der Waals surface area contributed by atoms with Crippen molar-refractivity contribution in [3.63, 3.8) is 0 Å². The van der Waals surface area contributed by atoms with E-state index >= 15 is 0 Å². The Balaban J connectivity index is 1.32. The molecular weight excluding hydrogens is 355 g/mol. The molecule has 0 atom stereocenters. The summed E-state index contributed by atoms with van der Waals surface area (Å²) in [5, 5.41) is 4.76. The molecule has 7 heteroatoms. The third-order valence-electron chi connectivity index (χ3n) is 4.22. The lowest BCUT2D eigenvalue weighted by molar-refractivity contribution is -0.134. The largest absolute Gasteiger partial charge is 0.492 e. The van der Waals surface area contributed by atoms with Crippen molar-refractivity contribution in [3.8, 4) is 5.75 Å². The molecule has 2 aromatic rings. The molecule has 5 nitrogen and oxygen atoms in total. The molecule has 138 valence electrons. The van der Waals surface area contributed by atoms with Crippen LogP contribution in [-0.2, 0) is 22.6 Å². The summed E-state index contributed by atoms with van der Waals surface area (Å²) in [4.78, 5) is 27.3. The number of nitrogens with zero attached hydrogens (tertiary/aromatic N) is 1. The van der Waals surface area contributed by atoms with E-state index < -0.39 is 0 Å². The van der Waals surface area contributed by atoms with E-state index in [1.165, 1.54) is 22.6 Å². The van der Waals surface area contributed by atoms with E-state index in [0.717, 1.165) is 13.0 Å². The third kappa shape index (κ3) is 5.05. The van der Waals surface area contributed by atoms with E-state index in [1.54, 1.807) is 23.5 Å². The first-order valence-electron chi connectivity index (χ1n) is 8.60. The van der Waals surface area contributed by atoms with Crippen LogP contribution in [0.25, 0.3) is 0 Å². The lowest BCUT2D eigenvalue weighted by Gasteiger charge is -2.27. The van der Waals surface area contributed by atoms with Gasteiger partial charge in [-0.2, -0.15) is 0 Å². The van der Waals surface area contributed by atoms with Gasteiger partial charge in [-0.1, -0.05) is 6.07 Å². The van der Waals surface area contributed by atoms with Gasteiger partial charge in [0.1, 0.15) is 18.2 Å². The van der Waals surface area contributed by atoms with Crippen molar-refractivity contribution >= 4 is 23.2 Å². The van der Waals surface area contributed by atoms with Crippen LogP contribution in [0.15, 0.2) is 35.7 Å². The first-order valence-corrected chi connectivity index (χ1v) is 9.48. The molecule has 2 amide bonds. The summed E-state index contributed by atoms with van der Waals surface area (Å²) in [5.41, 5.74) is 1.22. The Bertz CT molecular complexity index is 778. The van der Waals surface area contributed by atoms with Gasteiger partial charge in [-0.3, -0.25) is 9.59 Å². The van der Waals surface area contributed by atoms with Gasteiger partial charge in [-0.15, -0.1) is 11.3 Å². The Morgan fingerprint density at radius 1 is 1.27 bits per heavy atom. The van der Waals surface area contributed by atoms with Crippen LogP contribution in [0.4, 0.5) is 4.39 Å². The predicted octanol–water partition coefficient (Wildman–Crippen LogP) is 2.75. The molecule has 0 saturated carbocycles. The van der Waals surface area contributed by atoms with Crippen molar-refractivity contribution in [2.45, 2.75) is 25.8 Å². The van der Waals surface area contributed by atoms with Crippen molar-refractivity contribution in [2.75, 3.05) is 19.7 Å². The first kappa shape index (κ1) is 18.4. The van der Waals surface area contributed by atoms with Crippen molar-refractivity contribution in [1.29, 1.82) is 0 Å². The molecule has 0 saturated heterocycles. The third-order valence-corrected chi connectivity index (χ3v) is 5.24. The molecule has 1 N–H and O–H groups in total. The van der Waals surface area contributed by atoms with Crippen LogP contribution in [0.5, 0.6) is 5.75 Å². The number of thiophene rings is 1. The monoisotopic (exact) mass is 376 g/mol. The van der Waals surface area contributed by atoms with E-state index in [-0.39, 0.29) is 37.1 Å². The molecule has 0 bridgehead atoms. The van der Waals surface area contributed by atoms with Gasteiger partial charge in [0.2, 0.25) is 11.8 Å². The fourth-order valence-electron chi connectivity index (χ4n) is 2.84. The molecule has 3 rings (SSSR count). The summed E-state index contributed by atoms with van der Waals surface area (Å²) in [5.74, 6) is -0.118. The van der Waals surface area contributed by atoms with Crippen LogP contribution in [0.1, 0.15) is 23.3 Å². The zero-order chi connectivity index (χ0) is 18.4. The highest BCUT2D eigenvalue weighted by atomic mass is 32.1. The summed E-state index contributed by atoms with van der Waals surface area (Å²) in [7, 11) is 0. The fourth-order valence-corrected chi connectivity index (χ4v) is 3.73. The molecule has 1 aromatic carbocycles. The maximum atomic E-state index is 13.0. The minimum absolute atomic E-state index is 0.00742. The zero-order valence-electron chi connectivity index (χ0n) is 14.4. The normalized spacial score (nSPS) is 13.2. The van der Waals surface area contributed by atoms with Gasteiger partial charge in [-0.25, -0.2) is 4.39 Å². The van der Waals surface area contributed by atoms with Gasteiger partial charge in [0, 0.05) is 36.9 Å². The summed E-state index contributed by atoms with van der Waals surface area (Å²) in [6.45, 7) is 1.91. The SMILES string of the molecule is O=C(CCC(=O)N1CCc2sccc2C1)NCCOc1cccc(F)c1.